The fourth-order valence-corrected chi connectivity index (χ4v) is 4.03. The van der Waals surface area contributed by atoms with Gasteiger partial charge in [-0.15, -0.1) is 11.3 Å². The van der Waals surface area contributed by atoms with E-state index in [1.54, 1.807) is 11.3 Å². The van der Waals surface area contributed by atoms with Crippen molar-refractivity contribution in [2.24, 2.45) is 0 Å². The van der Waals surface area contributed by atoms with Gasteiger partial charge in [-0.25, -0.2) is 0 Å². The van der Waals surface area contributed by atoms with Crippen molar-refractivity contribution in [1.29, 1.82) is 0 Å². The van der Waals surface area contributed by atoms with Crippen LogP contribution in [0, 0.1) is 0 Å². The van der Waals surface area contributed by atoms with E-state index < -0.39 is 0 Å². The number of rotatable bonds is 6. The summed E-state index contributed by atoms with van der Waals surface area (Å²) in [6, 6.07) is 5.53. The van der Waals surface area contributed by atoms with Crippen LogP contribution in [0.5, 0.6) is 0 Å². The van der Waals surface area contributed by atoms with Crippen LogP contribution in [0.25, 0.3) is 0 Å². The first-order valence-electron chi connectivity index (χ1n) is 7.44. The van der Waals surface area contributed by atoms with Crippen LogP contribution in [0.3, 0.4) is 0 Å². The van der Waals surface area contributed by atoms with Gasteiger partial charge in [0.1, 0.15) is 0 Å². The van der Waals surface area contributed by atoms with Gasteiger partial charge in [0.15, 0.2) is 0 Å². The number of piperazine rings is 1. The predicted molar refractivity (Wildman–Crippen MR) is 85.1 cm³/mol. The molecule has 1 saturated heterocycles. The summed E-state index contributed by atoms with van der Waals surface area (Å²) < 4.78 is 0.905. The van der Waals surface area contributed by atoms with Gasteiger partial charge in [-0.3, -0.25) is 4.90 Å². The maximum Gasteiger partial charge on any atom is 0.0931 e. The Kier molecular flexibility index (Phi) is 6.14. The maximum absolute atomic E-state index is 6.04. The average Bonchev–Trinajstić information content (AvgIpc) is 2.79. The van der Waals surface area contributed by atoms with Crippen molar-refractivity contribution >= 4 is 22.9 Å². The van der Waals surface area contributed by atoms with Crippen molar-refractivity contribution in [2.75, 3.05) is 13.1 Å². The average molecular weight is 301 g/mol. The zero-order chi connectivity index (χ0) is 13.7. The molecule has 1 aliphatic heterocycles. The van der Waals surface area contributed by atoms with E-state index >= 15 is 0 Å². The molecular formula is C15H25ClN2S. The second-order valence-corrected chi connectivity index (χ2v) is 7.27. The number of nitrogens with zero attached hydrogens (tertiary/aromatic N) is 1. The summed E-state index contributed by atoms with van der Waals surface area (Å²) in [6.07, 6.45) is 5.08. The summed E-state index contributed by atoms with van der Waals surface area (Å²) in [4.78, 5) is 4.05. The molecule has 0 amide bonds. The van der Waals surface area contributed by atoms with Gasteiger partial charge in [0.2, 0.25) is 0 Å². The van der Waals surface area contributed by atoms with Crippen molar-refractivity contribution in [2.45, 2.75) is 58.2 Å². The topological polar surface area (TPSA) is 15.3 Å². The van der Waals surface area contributed by atoms with Gasteiger partial charge in [0, 0.05) is 36.6 Å². The lowest BCUT2D eigenvalue weighted by Crippen LogP contribution is -2.55. The monoisotopic (exact) mass is 300 g/mol. The van der Waals surface area contributed by atoms with Crippen LogP contribution >= 0.6 is 22.9 Å². The normalized spacial score (nSPS) is 24.8. The summed E-state index contributed by atoms with van der Waals surface area (Å²) in [6.45, 7) is 7.91. The van der Waals surface area contributed by atoms with Crippen molar-refractivity contribution in [1.82, 2.24) is 10.2 Å². The summed E-state index contributed by atoms with van der Waals surface area (Å²) in [7, 11) is 0. The van der Waals surface area contributed by atoms with Crippen molar-refractivity contribution in [3.8, 4) is 0 Å². The van der Waals surface area contributed by atoms with Crippen molar-refractivity contribution < 1.29 is 0 Å². The highest BCUT2D eigenvalue weighted by atomic mass is 35.5. The molecule has 0 spiro atoms. The molecule has 108 valence electrons. The van der Waals surface area contributed by atoms with Crippen LogP contribution in [-0.2, 0) is 6.54 Å². The Balaban J connectivity index is 1.98. The summed E-state index contributed by atoms with van der Waals surface area (Å²) in [5, 5.41) is 3.71. The van der Waals surface area contributed by atoms with E-state index in [2.05, 4.69) is 30.1 Å². The van der Waals surface area contributed by atoms with Crippen LogP contribution in [-0.4, -0.2) is 30.1 Å². The minimum absolute atomic E-state index is 0.661. The van der Waals surface area contributed by atoms with Crippen molar-refractivity contribution in [3.63, 3.8) is 0 Å². The molecule has 0 saturated carbocycles. The number of hydrogen-bond donors (Lipinski definition) is 1. The molecule has 19 heavy (non-hydrogen) atoms. The van der Waals surface area contributed by atoms with Crippen LogP contribution in [0.1, 0.15) is 44.4 Å². The third-order valence-corrected chi connectivity index (χ3v) is 5.08. The molecule has 1 aromatic heterocycles. The molecule has 1 N–H and O–H groups in total. The molecule has 0 radical (unpaired) electrons. The van der Waals surface area contributed by atoms with E-state index in [0.717, 1.165) is 17.4 Å². The minimum Gasteiger partial charge on any atom is -0.311 e. The van der Waals surface area contributed by atoms with E-state index in [0.29, 0.717) is 12.1 Å². The number of hydrogen-bond acceptors (Lipinski definition) is 3. The fraction of sp³-hybridized carbons (Fsp3) is 0.733. The van der Waals surface area contributed by atoms with E-state index in [-0.39, 0.29) is 0 Å². The molecule has 0 aromatic carbocycles. The van der Waals surface area contributed by atoms with Crippen molar-refractivity contribution in [3.05, 3.63) is 21.3 Å². The molecule has 1 aromatic rings. The largest absolute Gasteiger partial charge is 0.311 e. The zero-order valence-electron chi connectivity index (χ0n) is 12.0. The number of thiophene rings is 1. The van der Waals surface area contributed by atoms with Crippen LogP contribution < -0.4 is 5.32 Å². The molecule has 2 nitrogen and oxygen atoms in total. The van der Waals surface area contributed by atoms with E-state index in [1.807, 2.05) is 6.07 Å². The first-order chi connectivity index (χ1) is 9.22. The molecule has 2 heterocycles. The zero-order valence-corrected chi connectivity index (χ0v) is 13.6. The standard InChI is InChI=1S/C15H25ClN2S/c1-3-5-12-10-18(13(6-4-2)9-17-12)11-14-7-8-15(16)19-14/h7-8,12-13,17H,3-6,9-11H2,1-2H3. The lowest BCUT2D eigenvalue weighted by atomic mass is 10.0. The van der Waals surface area contributed by atoms with Gasteiger partial charge < -0.3 is 5.32 Å². The molecule has 4 heteroatoms. The predicted octanol–water partition coefficient (Wildman–Crippen LogP) is 4.14. The van der Waals surface area contributed by atoms with Crippen LogP contribution in [0.4, 0.5) is 0 Å². The van der Waals surface area contributed by atoms with E-state index in [4.69, 9.17) is 11.6 Å². The molecule has 1 aliphatic rings. The van der Waals surface area contributed by atoms with Crippen LogP contribution in [0.2, 0.25) is 4.34 Å². The lowest BCUT2D eigenvalue weighted by molar-refractivity contribution is 0.113. The van der Waals surface area contributed by atoms with Gasteiger partial charge in [0.05, 0.1) is 4.34 Å². The minimum atomic E-state index is 0.661. The summed E-state index contributed by atoms with van der Waals surface area (Å²) >= 11 is 7.76. The Hall–Kier alpha value is -0.0900. The van der Waals surface area contributed by atoms with Gasteiger partial charge in [-0.1, -0.05) is 38.3 Å². The quantitative estimate of drug-likeness (QED) is 0.849. The maximum atomic E-state index is 6.04. The molecule has 0 aliphatic carbocycles. The first-order valence-corrected chi connectivity index (χ1v) is 8.64. The van der Waals surface area contributed by atoms with Gasteiger partial charge in [-0.2, -0.15) is 0 Å². The summed E-state index contributed by atoms with van der Waals surface area (Å²) in [5.74, 6) is 0. The fourth-order valence-electron chi connectivity index (χ4n) is 2.92. The Bertz CT molecular complexity index is 380. The third-order valence-electron chi connectivity index (χ3n) is 3.86. The molecule has 2 rings (SSSR count). The first kappa shape index (κ1) is 15.3. The SMILES string of the molecule is CCCC1CN(Cc2ccc(Cl)s2)C(CCC)CN1. The highest BCUT2D eigenvalue weighted by Gasteiger charge is 2.26. The Morgan fingerprint density at radius 3 is 2.74 bits per heavy atom. The Morgan fingerprint density at radius 2 is 2.11 bits per heavy atom. The third kappa shape index (κ3) is 4.45. The number of halogens is 1. The van der Waals surface area contributed by atoms with Gasteiger partial charge in [-0.05, 0) is 25.0 Å². The highest BCUT2D eigenvalue weighted by molar-refractivity contribution is 7.16. The Labute approximate surface area is 126 Å². The number of nitrogens with one attached hydrogen (secondary N) is 1. The second-order valence-electron chi connectivity index (χ2n) is 5.47. The molecule has 0 bridgehead atoms. The molecular weight excluding hydrogens is 276 g/mol. The van der Waals surface area contributed by atoms with E-state index in [1.165, 1.54) is 37.1 Å². The van der Waals surface area contributed by atoms with E-state index in [9.17, 15) is 0 Å². The lowest BCUT2D eigenvalue weighted by Gasteiger charge is -2.40. The Morgan fingerprint density at radius 1 is 1.32 bits per heavy atom. The molecule has 1 fully saturated rings. The smallest absolute Gasteiger partial charge is 0.0931 e. The van der Waals surface area contributed by atoms with Gasteiger partial charge in [0.25, 0.3) is 0 Å². The van der Waals surface area contributed by atoms with Crippen LogP contribution in [0.15, 0.2) is 12.1 Å². The molecule has 2 unspecified atom stereocenters. The molecule has 2 atom stereocenters. The summed E-state index contributed by atoms with van der Waals surface area (Å²) in [5.41, 5.74) is 0. The second kappa shape index (κ2) is 7.63. The highest BCUT2D eigenvalue weighted by Crippen LogP contribution is 2.25. The van der Waals surface area contributed by atoms with Gasteiger partial charge >= 0.3 is 0 Å².